The van der Waals surface area contributed by atoms with Crippen molar-refractivity contribution in [2.45, 2.75) is 43.5 Å². The maximum Gasteiger partial charge on any atom is 0.170 e. The van der Waals surface area contributed by atoms with Crippen LogP contribution in [-0.2, 0) is 9.47 Å². The molecule has 0 aromatic rings. The van der Waals surface area contributed by atoms with Gasteiger partial charge in [0.15, 0.2) is 5.79 Å². The number of β-amino-alcohol motifs (C(OH)–C–C–N with tert-alkyl or cyclic N) is 1. The van der Waals surface area contributed by atoms with E-state index < -0.39 is 0 Å². The molecule has 1 saturated carbocycles. The molecule has 3 aliphatic rings. The van der Waals surface area contributed by atoms with Gasteiger partial charge in [0.2, 0.25) is 0 Å². The fourth-order valence-electron chi connectivity index (χ4n) is 3.00. The van der Waals surface area contributed by atoms with Crippen molar-refractivity contribution in [3.63, 3.8) is 0 Å². The lowest BCUT2D eigenvalue weighted by Gasteiger charge is -2.44. The van der Waals surface area contributed by atoms with E-state index in [1.54, 1.807) is 0 Å². The summed E-state index contributed by atoms with van der Waals surface area (Å²) in [6.45, 7) is 4.29. The normalized spacial score (nSPS) is 32.8. The van der Waals surface area contributed by atoms with Crippen LogP contribution >= 0.6 is 0 Å². The van der Waals surface area contributed by atoms with Gasteiger partial charge in [0.05, 0.1) is 18.8 Å². The lowest BCUT2D eigenvalue weighted by molar-refractivity contribution is -0.190. The van der Waals surface area contributed by atoms with Crippen LogP contribution in [0.1, 0.15) is 32.1 Å². The minimum Gasteiger partial charge on any atom is -0.389 e. The molecule has 3 fully saturated rings. The number of rotatable bonds is 2. The number of ether oxygens (including phenoxy) is 2. The monoisotopic (exact) mass is 227 g/mol. The Morgan fingerprint density at radius 3 is 2.12 bits per heavy atom. The second kappa shape index (κ2) is 3.95. The maximum absolute atomic E-state index is 10.1. The third-order valence-electron chi connectivity index (χ3n) is 4.23. The van der Waals surface area contributed by atoms with Gasteiger partial charge in [0.1, 0.15) is 0 Å². The van der Waals surface area contributed by atoms with Crippen LogP contribution in [0.4, 0.5) is 0 Å². The number of piperidine rings is 1. The molecule has 1 N–H and O–H groups in total. The van der Waals surface area contributed by atoms with E-state index in [-0.39, 0.29) is 11.4 Å². The largest absolute Gasteiger partial charge is 0.389 e. The summed E-state index contributed by atoms with van der Waals surface area (Å²) in [5, 5.41) is 10.1. The summed E-state index contributed by atoms with van der Waals surface area (Å²) in [5.41, 5.74) is -0.387. The standard InChI is InChI=1S/C12H21NO3/c14-11(2-1-3-11)10-13-6-4-12(5-7-13)15-8-9-16-12/h14H,1-10H2. The van der Waals surface area contributed by atoms with Gasteiger partial charge in [-0.15, -0.1) is 0 Å². The number of hydrogen-bond acceptors (Lipinski definition) is 4. The van der Waals surface area contributed by atoms with Crippen LogP contribution in [0.3, 0.4) is 0 Å². The molecule has 0 atom stereocenters. The van der Waals surface area contributed by atoms with Gasteiger partial charge in [0.25, 0.3) is 0 Å². The summed E-state index contributed by atoms with van der Waals surface area (Å²) in [7, 11) is 0. The van der Waals surface area contributed by atoms with Crippen molar-refractivity contribution < 1.29 is 14.6 Å². The average Bonchev–Trinajstić information content (AvgIpc) is 2.69. The van der Waals surface area contributed by atoms with Crippen molar-refractivity contribution in [1.82, 2.24) is 4.90 Å². The van der Waals surface area contributed by atoms with Gasteiger partial charge < -0.3 is 19.5 Å². The van der Waals surface area contributed by atoms with Crippen molar-refractivity contribution >= 4 is 0 Å². The third kappa shape index (κ3) is 1.99. The molecule has 4 nitrogen and oxygen atoms in total. The summed E-state index contributed by atoms with van der Waals surface area (Å²) in [6, 6.07) is 0. The van der Waals surface area contributed by atoms with Crippen LogP contribution in [0.2, 0.25) is 0 Å². The van der Waals surface area contributed by atoms with Gasteiger partial charge >= 0.3 is 0 Å². The lowest BCUT2D eigenvalue weighted by Crippen LogP contribution is -2.53. The first-order valence-corrected chi connectivity index (χ1v) is 6.43. The first-order chi connectivity index (χ1) is 7.70. The van der Waals surface area contributed by atoms with Crippen molar-refractivity contribution in [3.05, 3.63) is 0 Å². The summed E-state index contributed by atoms with van der Waals surface area (Å²) >= 11 is 0. The van der Waals surface area contributed by atoms with Gasteiger partial charge in [-0.25, -0.2) is 0 Å². The predicted molar refractivity (Wildman–Crippen MR) is 59.1 cm³/mol. The minimum atomic E-state index is -0.387. The highest BCUT2D eigenvalue weighted by Crippen LogP contribution is 2.35. The molecule has 4 heteroatoms. The van der Waals surface area contributed by atoms with E-state index in [1.807, 2.05) is 0 Å². The Balaban J connectivity index is 1.50. The second-order valence-corrected chi connectivity index (χ2v) is 5.46. The number of likely N-dealkylation sites (tertiary alicyclic amines) is 1. The molecule has 2 saturated heterocycles. The first kappa shape index (κ1) is 11.0. The fourth-order valence-corrected chi connectivity index (χ4v) is 3.00. The van der Waals surface area contributed by atoms with Crippen LogP contribution in [0, 0.1) is 0 Å². The highest BCUT2D eigenvalue weighted by molar-refractivity contribution is 4.92. The van der Waals surface area contributed by atoms with Crippen LogP contribution in [0.15, 0.2) is 0 Å². The molecule has 0 bridgehead atoms. The minimum absolute atomic E-state index is 0.279. The van der Waals surface area contributed by atoms with Crippen LogP contribution in [-0.4, -0.2) is 54.2 Å². The fraction of sp³-hybridized carbons (Fsp3) is 1.00. The molecular formula is C12H21NO3. The summed E-state index contributed by atoms with van der Waals surface area (Å²) in [5.74, 6) is -0.279. The van der Waals surface area contributed by atoms with Crippen LogP contribution in [0.25, 0.3) is 0 Å². The molecule has 0 aromatic carbocycles. The van der Waals surface area contributed by atoms with Crippen molar-refractivity contribution in [2.24, 2.45) is 0 Å². The van der Waals surface area contributed by atoms with Gasteiger partial charge in [0, 0.05) is 32.5 Å². The molecule has 3 rings (SSSR count). The zero-order chi connectivity index (χ0) is 11.1. The summed E-state index contributed by atoms with van der Waals surface area (Å²) < 4.78 is 11.4. The zero-order valence-corrected chi connectivity index (χ0v) is 9.78. The summed E-state index contributed by atoms with van der Waals surface area (Å²) in [6.07, 6.45) is 5.02. The molecule has 0 radical (unpaired) electrons. The van der Waals surface area contributed by atoms with E-state index >= 15 is 0 Å². The Morgan fingerprint density at radius 1 is 1.00 bits per heavy atom. The second-order valence-electron chi connectivity index (χ2n) is 5.46. The Morgan fingerprint density at radius 2 is 1.62 bits per heavy atom. The lowest BCUT2D eigenvalue weighted by atomic mass is 9.79. The Hall–Kier alpha value is -0.160. The number of nitrogens with zero attached hydrogens (tertiary/aromatic N) is 1. The smallest absolute Gasteiger partial charge is 0.170 e. The molecule has 1 aliphatic carbocycles. The van der Waals surface area contributed by atoms with Crippen molar-refractivity contribution in [3.8, 4) is 0 Å². The SMILES string of the molecule is OC1(CN2CCC3(CC2)OCCO3)CCC1. The quantitative estimate of drug-likeness (QED) is 0.755. The molecule has 0 unspecified atom stereocenters. The van der Waals surface area contributed by atoms with Crippen LogP contribution < -0.4 is 0 Å². The maximum atomic E-state index is 10.1. The Bertz CT molecular complexity index is 249. The molecule has 0 amide bonds. The van der Waals surface area contributed by atoms with E-state index in [0.717, 1.165) is 58.5 Å². The van der Waals surface area contributed by atoms with Crippen LogP contribution in [0.5, 0.6) is 0 Å². The molecule has 1 spiro atoms. The van der Waals surface area contributed by atoms with E-state index in [0.29, 0.717) is 0 Å². The predicted octanol–water partition coefficient (Wildman–Crippen LogP) is 0.740. The molecule has 0 aromatic heterocycles. The van der Waals surface area contributed by atoms with E-state index in [2.05, 4.69) is 4.90 Å². The Kier molecular flexibility index (Phi) is 2.70. The van der Waals surface area contributed by atoms with E-state index in [4.69, 9.17) is 9.47 Å². The average molecular weight is 227 g/mol. The molecular weight excluding hydrogens is 206 g/mol. The molecule has 16 heavy (non-hydrogen) atoms. The first-order valence-electron chi connectivity index (χ1n) is 6.43. The van der Waals surface area contributed by atoms with E-state index in [9.17, 15) is 5.11 Å². The molecule has 92 valence electrons. The number of hydrogen-bond donors (Lipinski definition) is 1. The summed E-state index contributed by atoms with van der Waals surface area (Å²) in [4.78, 5) is 2.36. The van der Waals surface area contributed by atoms with Gasteiger partial charge in [-0.3, -0.25) is 0 Å². The van der Waals surface area contributed by atoms with Crippen molar-refractivity contribution in [1.29, 1.82) is 0 Å². The van der Waals surface area contributed by atoms with E-state index in [1.165, 1.54) is 6.42 Å². The molecule has 2 aliphatic heterocycles. The highest BCUT2D eigenvalue weighted by Gasteiger charge is 2.42. The van der Waals surface area contributed by atoms with Gasteiger partial charge in [-0.05, 0) is 19.3 Å². The molecule has 2 heterocycles. The third-order valence-corrected chi connectivity index (χ3v) is 4.23. The zero-order valence-electron chi connectivity index (χ0n) is 9.78. The van der Waals surface area contributed by atoms with Gasteiger partial charge in [-0.1, -0.05) is 0 Å². The number of aliphatic hydroxyl groups is 1. The topological polar surface area (TPSA) is 41.9 Å². The Labute approximate surface area is 96.5 Å². The van der Waals surface area contributed by atoms with Gasteiger partial charge in [-0.2, -0.15) is 0 Å². The van der Waals surface area contributed by atoms with Crippen molar-refractivity contribution in [2.75, 3.05) is 32.8 Å². The highest BCUT2D eigenvalue weighted by atomic mass is 16.7.